The van der Waals surface area contributed by atoms with E-state index in [0.717, 1.165) is 23.1 Å². The maximum absolute atomic E-state index is 11.7. The van der Waals surface area contributed by atoms with Crippen LogP contribution in [-0.4, -0.2) is 5.78 Å². The van der Waals surface area contributed by atoms with Crippen molar-refractivity contribution in [2.24, 2.45) is 0 Å². The molecule has 0 aliphatic carbocycles. The van der Waals surface area contributed by atoms with Gasteiger partial charge in [0.25, 0.3) is 0 Å². The molecule has 0 aliphatic heterocycles. The average Bonchev–Trinajstić information content (AvgIpc) is 2.39. The van der Waals surface area contributed by atoms with Crippen molar-refractivity contribution in [2.45, 2.75) is 20.3 Å². The number of carbonyl (C=O) groups is 1. The van der Waals surface area contributed by atoms with Crippen LogP contribution in [0.25, 0.3) is 11.1 Å². The van der Waals surface area contributed by atoms with Crippen LogP contribution in [0.3, 0.4) is 0 Å². The van der Waals surface area contributed by atoms with E-state index in [1.165, 1.54) is 5.56 Å². The molecule has 0 aromatic heterocycles. The monoisotopic (exact) mass is 258 g/mol. The molecule has 18 heavy (non-hydrogen) atoms. The Kier molecular flexibility index (Phi) is 3.83. The van der Waals surface area contributed by atoms with Gasteiger partial charge in [-0.2, -0.15) is 0 Å². The average molecular weight is 259 g/mol. The molecule has 0 N–H and O–H groups in total. The van der Waals surface area contributed by atoms with Crippen molar-refractivity contribution in [2.75, 3.05) is 0 Å². The maximum atomic E-state index is 11.7. The lowest BCUT2D eigenvalue weighted by atomic mass is 9.95. The fourth-order valence-corrected chi connectivity index (χ4v) is 2.11. The molecule has 2 aromatic rings. The van der Waals surface area contributed by atoms with Crippen molar-refractivity contribution in [3.05, 3.63) is 58.6 Å². The molecule has 0 amide bonds. The third-order valence-electron chi connectivity index (χ3n) is 3.03. The minimum Gasteiger partial charge on any atom is -0.294 e. The fourth-order valence-electron chi connectivity index (χ4n) is 1.98. The third-order valence-corrected chi connectivity index (χ3v) is 3.28. The number of rotatable bonds is 3. The quantitative estimate of drug-likeness (QED) is 0.725. The van der Waals surface area contributed by atoms with E-state index >= 15 is 0 Å². The van der Waals surface area contributed by atoms with Gasteiger partial charge in [-0.3, -0.25) is 4.79 Å². The summed E-state index contributed by atoms with van der Waals surface area (Å²) in [7, 11) is 0. The molecule has 1 nitrogen and oxygen atoms in total. The number of carbonyl (C=O) groups excluding carboxylic acids is 1. The molecule has 2 rings (SSSR count). The first kappa shape index (κ1) is 12.8. The topological polar surface area (TPSA) is 17.1 Å². The minimum atomic E-state index is 0.0928. The molecule has 0 fully saturated rings. The van der Waals surface area contributed by atoms with Crippen LogP contribution in [0.5, 0.6) is 0 Å². The second-order valence-corrected chi connectivity index (χ2v) is 4.73. The second-order valence-electron chi connectivity index (χ2n) is 4.30. The number of hydrogen-bond donors (Lipinski definition) is 0. The SMILES string of the molecule is CCc1ccc(-c2ccc(Cl)cc2)c(C(C)=O)c1. The van der Waals surface area contributed by atoms with E-state index in [1.54, 1.807) is 6.92 Å². The molecular weight excluding hydrogens is 244 g/mol. The summed E-state index contributed by atoms with van der Waals surface area (Å²) in [5, 5.41) is 0.702. The van der Waals surface area contributed by atoms with Crippen LogP contribution in [0, 0.1) is 0 Å². The zero-order valence-corrected chi connectivity index (χ0v) is 11.3. The zero-order valence-electron chi connectivity index (χ0n) is 10.5. The zero-order chi connectivity index (χ0) is 13.1. The smallest absolute Gasteiger partial charge is 0.160 e. The van der Waals surface area contributed by atoms with Crippen LogP contribution in [-0.2, 0) is 6.42 Å². The second kappa shape index (κ2) is 5.36. The molecule has 0 saturated heterocycles. The van der Waals surface area contributed by atoms with Gasteiger partial charge in [-0.25, -0.2) is 0 Å². The Morgan fingerprint density at radius 2 is 1.78 bits per heavy atom. The maximum Gasteiger partial charge on any atom is 0.160 e. The Morgan fingerprint density at radius 3 is 2.33 bits per heavy atom. The van der Waals surface area contributed by atoms with Crippen molar-refractivity contribution in [3.63, 3.8) is 0 Å². The summed E-state index contributed by atoms with van der Waals surface area (Å²) in [6.07, 6.45) is 0.932. The van der Waals surface area contributed by atoms with Crippen molar-refractivity contribution in [1.82, 2.24) is 0 Å². The van der Waals surface area contributed by atoms with Gasteiger partial charge in [-0.15, -0.1) is 0 Å². The highest BCUT2D eigenvalue weighted by molar-refractivity contribution is 6.30. The highest BCUT2D eigenvalue weighted by Crippen LogP contribution is 2.26. The summed E-state index contributed by atoms with van der Waals surface area (Å²) >= 11 is 5.88. The molecule has 2 heteroatoms. The summed E-state index contributed by atoms with van der Waals surface area (Å²) in [6.45, 7) is 3.69. The summed E-state index contributed by atoms with van der Waals surface area (Å²) in [5.74, 6) is 0.0928. The van der Waals surface area contributed by atoms with Crippen LogP contribution in [0.2, 0.25) is 5.02 Å². The minimum absolute atomic E-state index is 0.0928. The van der Waals surface area contributed by atoms with Gasteiger partial charge in [-0.05, 0) is 48.2 Å². The van der Waals surface area contributed by atoms with E-state index < -0.39 is 0 Å². The molecule has 0 radical (unpaired) electrons. The van der Waals surface area contributed by atoms with Gasteiger partial charge in [0.2, 0.25) is 0 Å². The van der Waals surface area contributed by atoms with E-state index in [1.807, 2.05) is 36.4 Å². The number of aryl methyl sites for hydroxylation is 1. The van der Waals surface area contributed by atoms with Gasteiger partial charge >= 0.3 is 0 Å². The fraction of sp³-hybridized carbons (Fsp3) is 0.188. The Hall–Kier alpha value is -1.60. The number of benzene rings is 2. The lowest BCUT2D eigenvalue weighted by molar-refractivity contribution is 0.101. The van der Waals surface area contributed by atoms with Gasteiger partial charge < -0.3 is 0 Å². The molecule has 0 atom stereocenters. The lowest BCUT2D eigenvalue weighted by Gasteiger charge is -2.09. The van der Waals surface area contributed by atoms with Gasteiger partial charge in [0.1, 0.15) is 0 Å². The van der Waals surface area contributed by atoms with Crippen LogP contribution in [0.1, 0.15) is 29.8 Å². The van der Waals surface area contributed by atoms with Crippen molar-refractivity contribution < 1.29 is 4.79 Å². The summed E-state index contributed by atoms with van der Waals surface area (Å²) in [5.41, 5.74) is 3.94. The molecule has 0 heterocycles. The van der Waals surface area contributed by atoms with Gasteiger partial charge in [-0.1, -0.05) is 42.8 Å². The predicted molar refractivity (Wildman–Crippen MR) is 76.3 cm³/mol. The lowest BCUT2D eigenvalue weighted by Crippen LogP contribution is -1.98. The van der Waals surface area contributed by atoms with Crippen molar-refractivity contribution >= 4 is 17.4 Å². The van der Waals surface area contributed by atoms with Gasteiger partial charge in [0.05, 0.1) is 0 Å². The standard InChI is InChI=1S/C16H15ClO/c1-3-12-4-9-15(16(10-12)11(2)18)13-5-7-14(17)8-6-13/h4-10H,3H2,1-2H3. The number of hydrogen-bond acceptors (Lipinski definition) is 1. The van der Waals surface area contributed by atoms with Crippen LogP contribution < -0.4 is 0 Å². The third kappa shape index (κ3) is 2.62. The summed E-state index contributed by atoms with van der Waals surface area (Å²) in [6, 6.07) is 13.6. The number of halogens is 1. The first-order valence-electron chi connectivity index (χ1n) is 6.01. The van der Waals surface area contributed by atoms with Gasteiger partial charge in [0.15, 0.2) is 5.78 Å². The Morgan fingerprint density at radius 1 is 1.11 bits per heavy atom. The summed E-state index contributed by atoms with van der Waals surface area (Å²) < 4.78 is 0. The normalized spacial score (nSPS) is 10.4. The number of ketones is 1. The molecule has 0 spiro atoms. The molecule has 92 valence electrons. The largest absolute Gasteiger partial charge is 0.294 e. The Balaban J connectivity index is 2.56. The van der Waals surface area contributed by atoms with E-state index in [9.17, 15) is 4.79 Å². The van der Waals surface area contributed by atoms with Crippen molar-refractivity contribution in [1.29, 1.82) is 0 Å². The predicted octanol–water partition coefficient (Wildman–Crippen LogP) is 4.77. The first-order chi connectivity index (χ1) is 8.61. The molecule has 0 bridgehead atoms. The molecule has 0 unspecified atom stereocenters. The number of Topliss-reactive ketones (excluding diaryl/α,β-unsaturated/α-hetero) is 1. The van der Waals surface area contributed by atoms with Gasteiger partial charge in [0, 0.05) is 10.6 Å². The Bertz CT molecular complexity index is 570. The van der Waals surface area contributed by atoms with Crippen LogP contribution in [0.4, 0.5) is 0 Å². The molecule has 0 aliphatic rings. The molecule has 0 saturated carbocycles. The van der Waals surface area contributed by atoms with E-state index in [4.69, 9.17) is 11.6 Å². The van der Waals surface area contributed by atoms with Crippen molar-refractivity contribution in [3.8, 4) is 11.1 Å². The summed E-state index contributed by atoms with van der Waals surface area (Å²) in [4.78, 5) is 11.7. The van der Waals surface area contributed by atoms with E-state index in [-0.39, 0.29) is 5.78 Å². The molecule has 2 aromatic carbocycles. The van der Waals surface area contributed by atoms with Crippen LogP contribution in [0.15, 0.2) is 42.5 Å². The highest BCUT2D eigenvalue weighted by atomic mass is 35.5. The van der Waals surface area contributed by atoms with Crippen LogP contribution >= 0.6 is 11.6 Å². The Labute approximate surface area is 112 Å². The molecular formula is C16H15ClO. The first-order valence-corrected chi connectivity index (χ1v) is 6.39. The van der Waals surface area contributed by atoms with E-state index in [2.05, 4.69) is 13.0 Å². The van der Waals surface area contributed by atoms with E-state index in [0.29, 0.717) is 5.02 Å². The highest BCUT2D eigenvalue weighted by Gasteiger charge is 2.09.